The molecule has 3 nitrogen and oxygen atoms in total. The Morgan fingerprint density at radius 2 is 2.24 bits per heavy atom. The smallest absolute Gasteiger partial charge is 0.216 e. The van der Waals surface area contributed by atoms with Gasteiger partial charge in [0, 0.05) is 24.7 Å². The number of carbonyl (C=O) groups is 1. The molecule has 1 aromatic rings. The van der Waals surface area contributed by atoms with E-state index < -0.39 is 0 Å². The SMILES string of the molecule is CC(=O)NCCC=Cc1cc(C)c(N)cc1F. The summed E-state index contributed by atoms with van der Waals surface area (Å²) < 4.78 is 13.5. The fraction of sp³-hybridized carbons (Fsp3) is 0.308. The average molecular weight is 236 g/mol. The largest absolute Gasteiger partial charge is 0.398 e. The Bertz CT molecular complexity index is 441. The zero-order chi connectivity index (χ0) is 12.8. The fourth-order valence-corrected chi connectivity index (χ4v) is 1.39. The lowest BCUT2D eigenvalue weighted by Gasteiger charge is -2.03. The summed E-state index contributed by atoms with van der Waals surface area (Å²) >= 11 is 0. The van der Waals surface area contributed by atoms with Crippen LogP contribution in [0.25, 0.3) is 6.08 Å². The first kappa shape index (κ1) is 13.2. The first-order chi connectivity index (χ1) is 8.00. The standard InChI is InChI=1S/C13H17FN2O/c1-9-7-11(12(14)8-13(9)15)5-3-4-6-16-10(2)17/h3,5,7-8H,4,6,15H2,1-2H3,(H,16,17). The van der Waals surface area contributed by atoms with Gasteiger partial charge in [-0.2, -0.15) is 0 Å². The zero-order valence-corrected chi connectivity index (χ0v) is 10.1. The van der Waals surface area contributed by atoms with Crippen LogP contribution >= 0.6 is 0 Å². The molecule has 0 heterocycles. The highest BCUT2D eigenvalue weighted by Crippen LogP contribution is 2.18. The number of nitrogen functional groups attached to an aromatic ring is 1. The van der Waals surface area contributed by atoms with Crippen LogP contribution in [0.15, 0.2) is 18.2 Å². The normalized spacial score (nSPS) is 10.8. The van der Waals surface area contributed by atoms with Crippen molar-refractivity contribution < 1.29 is 9.18 Å². The van der Waals surface area contributed by atoms with Crippen LogP contribution in [0.2, 0.25) is 0 Å². The summed E-state index contributed by atoms with van der Waals surface area (Å²) in [6.45, 7) is 3.86. The van der Waals surface area contributed by atoms with Crippen molar-refractivity contribution in [1.29, 1.82) is 0 Å². The van der Waals surface area contributed by atoms with Gasteiger partial charge in [-0.15, -0.1) is 0 Å². The van der Waals surface area contributed by atoms with Crippen LogP contribution in [0.5, 0.6) is 0 Å². The third kappa shape index (κ3) is 4.26. The Balaban J connectivity index is 2.59. The molecule has 1 amide bonds. The van der Waals surface area contributed by atoms with Crippen LogP contribution in [0.1, 0.15) is 24.5 Å². The van der Waals surface area contributed by atoms with E-state index in [4.69, 9.17) is 5.73 Å². The van der Waals surface area contributed by atoms with E-state index in [1.54, 1.807) is 12.1 Å². The Morgan fingerprint density at radius 3 is 2.88 bits per heavy atom. The first-order valence-electron chi connectivity index (χ1n) is 5.47. The van der Waals surface area contributed by atoms with Crippen molar-refractivity contribution in [2.75, 3.05) is 12.3 Å². The molecule has 4 heteroatoms. The van der Waals surface area contributed by atoms with Gasteiger partial charge in [0.25, 0.3) is 0 Å². The number of benzene rings is 1. The van der Waals surface area contributed by atoms with Crippen molar-refractivity contribution in [3.63, 3.8) is 0 Å². The number of aryl methyl sites for hydroxylation is 1. The first-order valence-corrected chi connectivity index (χ1v) is 5.47. The van der Waals surface area contributed by atoms with Crippen LogP contribution in [0, 0.1) is 12.7 Å². The molecule has 0 radical (unpaired) electrons. The van der Waals surface area contributed by atoms with E-state index in [2.05, 4.69) is 5.32 Å². The van der Waals surface area contributed by atoms with E-state index in [-0.39, 0.29) is 11.7 Å². The molecule has 0 aliphatic heterocycles. The predicted molar refractivity (Wildman–Crippen MR) is 67.9 cm³/mol. The average Bonchev–Trinajstić information content (AvgIpc) is 2.24. The van der Waals surface area contributed by atoms with Crippen molar-refractivity contribution in [3.05, 3.63) is 35.2 Å². The molecule has 0 unspecified atom stereocenters. The van der Waals surface area contributed by atoms with Gasteiger partial charge < -0.3 is 11.1 Å². The topological polar surface area (TPSA) is 55.1 Å². The molecule has 0 aromatic heterocycles. The van der Waals surface area contributed by atoms with Crippen molar-refractivity contribution >= 4 is 17.7 Å². The molecule has 0 fully saturated rings. The number of rotatable bonds is 4. The molecule has 0 aliphatic rings. The molecule has 0 aliphatic carbocycles. The molecule has 0 spiro atoms. The Hall–Kier alpha value is -1.84. The van der Waals surface area contributed by atoms with E-state index in [0.29, 0.717) is 24.2 Å². The molecular weight excluding hydrogens is 219 g/mol. The van der Waals surface area contributed by atoms with Crippen LogP contribution in [0.3, 0.4) is 0 Å². The minimum absolute atomic E-state index is 0.0621. The number of nitrogens with two attached hydrogens (primary N) is 1. The molecule has 0 saturated heterocycles. The maximum absolute atomic E-state index is 13.5. The van der Waals surface area contributed by atoms with Crippen molar-refractivity contribution in [3.8, 4) is 0 Å². The fourth-order valence-electron chi connectivity index (χ4n) is 1.39. The molecule has 0 bridgehead atoms. The molecule has 17 heavy (non-hydrogen) atoms. The highest BCUT2D eigenvalue weighted by molar-refractivity contribution is 5.72. The molecule has 0 atom stereocenters. The number of nitrogens with one attached hydrogen (secondary N) is 1. The summed E-state index contributed by atoms with van der Waals surface area (Å²) in [5, 5.41) is 2.66. The van der Waals surface area contributed by atoms with Crippen molar-refractivity contribution in [2.45, 2.75) is 20.3 Å². The molecule has 1 aromatic carbocycles. The zero-order valence-electron chi connectivity index (χ0n) is 10.1. The van der Waals surface area contributed by atoms with Gasteiger partial charge in [-0.3, -0.25) is 4.79 Å². The summed E-state index contributed by atoms with van der Waals surface area (Å²) in [4.78, 5) is 10.6. The molecule has 1 rings (SSSR count). The number of amides is 1. The number of hydrogen-bond donors (Lipinski definition) is 2. The molecular formula is C13H17FN2O. The molecule has 3 N–H and O–H groups in total. The van der Waals surface area contributed by atoms with E-state index in [9.17, 15) is 9.18 Å². The minimum atomic E-state index is -0.330. The predicted octanol–water partition coefficient (Wildman–Crippen LogP) is 2.26. The lowest BCUT2D eigenvalue weighted by molar-refractivity contribution is -0.118. The van der Waals surface area contributed by atoms with Gasteiger partial charge in [0.1, 0.15) is 5.82 Å². The van der Waals surface area contributed by atoms with Gasteiger partial charge in [-0.1, -0.05) is 12.2 Å². The van der Waals surface area contributed by atoms with E-state index in [1.807, 2.05) is 13.0 Å². The minimum Gasteiger partial charge on any atom is -0.398 e. The Morgan fingerprint density at radius 1 is 1.53 bits per heavy atom. The van der Waals surface area contributed by atoms with Gasteiger partial charge in [0.05, 0.1) is 0 Å². The summed E-state index contributed by atoms with van der Waals surface area (Å²) in [6.07, 6.45) is 4.19. The number of carbonyl (C=O) groups excluding carboxylic acids is 1. The van der Waals surface area contributed by atoms with Crippen molar-refractivity contribution in [1.82, 2.24) is 5.32 Å². The summed E-state index contributed by atoms with van der Waals surface area (Å²) in [7, 11) is 0. The number of hydrogen-bond acceptors (Lipinski definition) is 2. The third-order valence-electron chi connectivity index (χ3n) is 2.37. The van der Waals surface area contributed by atoms with Crippen molar-refractivity contribution in [2.24, 2.45) is 0 Å². The van der Waals surface area contributed by atoms with Gasteiger partial charge in [-0.05, 0) is 31.0 Å². The lowest BCUT2D eigenvalue weighted by atomic mass is 10.1. The Kier molecular flexibility index (Phi) is 4.69. The summed E-state index contributed by atoms with van der Waals surface area (Å²) in [5.74, 6) is -0.392. The molecule has 0 saturated carbocycles. The summed E-state index contributed by atoms with van der Waals surface area (Å²) in [6, 6.07) is 3.03. The number of halogens is 1. The van der Waals surface area contributed by atoms with E-state index in [1.165, 1.54) is 13.0 Å². The highest BCUT2D eigenvalue weighted by atomic mass is 19.1. The number of anilines is 1. The summed E-state index contributed by atoms with van der Waals surface area (Å²) in [5.41, 5.74) is 7.41. The van der Waals surface area contributed by atoms with Gasteiger partial charge in [0.15, 0.2) is 0 Å². The van der Waals surface area contributed by atoms with Crippen LogP contribution in [-0.2, 0) is 4.79 Å². The maximum Gasteiger partial charge on any atom is 0.216 e. The van der Waals surface area contributed by atoms with Gasteiger partial charge >= 0.3 is 0 Å². The highest BCUT2D eigenvalue weighted by Gasteiger charge is 2.02. The lowest BCUT2D eigenvalue weighted by Crippen LogP contribution is -2.20. The van der Waals surface area contributed by atoms with Crippen LogP contribution < -0.4 is 11.1 Å². The second kappa shape index (κ2) is 6.03. The Labute approximate surface area is 101 Å². The van der Waals surface area contributed by atoms with E-state index >= 15 is 0 Å². The maximum atomic E-state index is 13.5. The van der Waals surface area contributed by atoms with E-state index in [0.717, 1.165) is 5.56 Å². The second-order valence-corrected chi connectivity index (χ2v) is 3.90. The van der Waals surface area contributed by atoms with Crippen LogP contribution in [-0.4, -0.2) is 12.5 Å². The van der Waals surface area contributed by atoms with Gasteiger partial charge in [-0.25, -0.2) is 4.39 Å². The quantitative estimate of drug-likeness (QED) is 0.622. The monoisotopic (exact) mass is 236 g/mol. The van der Waals surface area contributed by atoms with Crippen LogP contribution in [0.4, 0.5) is 10.1 Å². The van der Waals surface area contributed by atoms with Gasteiger partial charge in [0.2, 0.25) is 5.91 Å². The third-order valence-corrected chi connectivity index (χ3v) is 2.37. The molecule has 92 valence electrons. The second-order valence-electron chi connectivity index (χ2n) is 3.90.